The number of hydrogen-bond acceptors (Lipinski definition) is 3. The Hall–Kier alpha value is -0.190. The molecule has 0 aromatic carbocycles. The molecule has 0 fully saturated rings. The maximum atomic E-state index is 11.4. The zero-order chi connectivity index (χ0) is 11.3. The average Bonchev–Trinajstić information content (AvgIpc) is 2.61. The summed E-state index contributed by atoms with van der Waals surface area (Å²) in [4.78, 5) is 14.4. The smallest absolute Gasteiger partial charge is 0.223 e. The van der Waals surface area contributed by atoms with Gasteiger partial charge in [0.15, 0.2) is 0 Å². The molecular formula is C10H14ClNOS2. The SMILES string of the molecule is CN(CCc1ccc(Cl)s1)C(=O)CCS. The number of thiol groups is 1. The van der Waals surface area contributed by atoms with Crippen LogP contribution >= 0.6 is 35.6 Å². The van der Waals surface area contributed by atoms with Gasteiger partial charge < -0.3 is 4.90 Å². The number of amides is 1. The minimum Gasteiger partial charge on any atom is -0.345 e. The fourth-order valence-corrected chi connectivity index (χ4v) is 2.44. The molecule has 0 radical (unpaired) electrons. The third-order valence-electron chi connectivity index (χ3n) is 2.07. The van der Waals surface area contributed by atoms with Crippen LogP contribution in [0.1, 0.15) is 11.3 Å². The van der Waals surface area contributed by atoms with Gasteiger partial charge in [-0.15, -0.1) is 11.3 Å². The molecule has 0 atom stereocenters. The highest BCUT2D eigenvalue weighted by Crippen LogP contribution is 2.21. The van der Waals surface area contributed by atoms with Crippen LogP contribution in [0.5, 0.6) is 0 Å². The van der Waals surface area contributed by atoms with Crippen LogP contribution in [0.2, 0.25) is 4.34 Å². The molecule has 1 aromatic rings. The third kappa shape index (κ3) is 4.45. The Balaban J connectivity index is 2.33. The Morgan fingerprint density at radius 2 is 2.33 bits per heavy atom. The Morgan fingerprint density at radius 1 is 1.60 bits per heavy atom. The van der Waals surface area contributed by atoms with Gasteiger partial charge in [0.1, 0.15) is 0 Å². The number of thiophene rings is 1. The van der Waals surface area contributed by atoms with Crippen molar-refractivity contribution >= 4 is 41.5 Å². The van der Waals surface area contributed by atoms with Crippen LogP contribution in [-0.4, -0.2) is 30.2 Å². The molecule has 0 aliphatic heterocycles. The van der Waals surface area contributed by atoms with Crippen molar-refractivity contribution in [3.63, 3.8) is 0 Å². The van der Waals surface area contributed by atoms with Crippen molar-refractivity contribution in [1.82, 2.24) is 4.90 Å². The van der Waals surface area contributed by atoms with Gasteiger partial charge in [0.05, 0.1) is 4.34 Å². The van der Waals surface area contributed by atoms with Gasteiger partial charge in [-0.3, -0.25) is 4.79 Å². The van der Waals surface area contributed by atoms with Crippen LogP contribution in [-0.2, 0) is 11.2 Å². The zero-order valence-corrected chi connectivity index (χ0v) is 11.0. The van der Waals surface area contributed by atoms with E-state index in [4.69, 9.17) is 11.6 Å². The van der Waals surface area contributed by atoms with Crippen molar-refractivity contribution < 1.29 is 4.79 Å². The average molecular weight is 264 g/mol. The topological polar surface area (TPSA) is 20.3 Å². The van der Waals surface area contributed by atoms with Crippen LogP contribution in [0.15, 0.2) is 12.1 Å². The summed E-state index contributed by atoms with van der Waals surface area (Å²) in [6.45, 7) is 0.740. The van der Waals surface area contributed by atoms with Gasteiger partial charge in [-0.25, -0.2) is 0 Å². The second-order valence-electron chi connectivity index (χ2n) is 3.24. The van der Waals surface area contributed by atoms with E-state index in [1.165, 1.54) is 4.88 Å². The lowest BCUT2D eigenvalue weighted by molar-refractivity contribution is -0.129. The normalized spacial score (nSPS) is 10.3. The molecule has 0 spiro atoms. The summed E-state index contributed by atoms with van der Waals surface area (Å²) in [5.41, 5.74) is 0. The van der Waals surface area contributed by atoms with Crippen LogP contribution in [0, 0.1) is 0 Å². The number of likely N-dealkylation sites (N-methyl/N-ethyl adjacent to an activating group) is 1. The van der Waals surface area contributed by atoms with Crippen molar-refractivity contribution in [2.75, 3.05) is 19.3 Å². The minimum absolute atomic E-state index is 0.146. The first-order valence-electron chi connectivity index (χ1n) is 4.72. The second-order valence-corrected chi connectivity index (χ2v) is 5.49. The van der Waals surface area contributed by atoms with Crippen LogP contribution in [0.25, 0.3) is 0 Å². The van der Waals surface area contributed by atoms with E-state index in [9.17, 15) is 4.79 Å². The second kappa shape index (κ2) is 6.40. The number of carbonyl (C=O) groups is 1. The molecule has 1 amide bonds. The monoisotopic (exact) mass is 263 g/mol. The fourth-order valence-electron chi connectivity index (χ4n) is 1.18. The molecule has 2 nitrogen and oxygen atoms in total. The molecule has 5 heteroatoms. The van der Waals surface area contributed by atoms with E-state index in [-0.39, 0.29) is 5.91 Å². The number of nitrogens with zero attached hydrogens (tertiary/aromatic N) is 1. The molecule has 0 bridgehead atoms. The van der Waals surface area contributed by atoms with Crippen LogP contribution in [0.3, 0.4) is 0 Å². The van der Waals surface area contributed by atoms with E-state index < -0.39 is 0 Å². The first-order valence-corrected chi connectivity index (χ1v) is 6.55. The molecule has 1 heterocycles. The summed E-state index contributed by atoms with van der Waals surface area (Å²) < 4.78 is 0.800. The summed E-state index contributed by atoms with van der Waals surface area (Å²) in [6, 6.07) is 3.89. The number of hydrogen-bond donors (Lipinski definition) is 1. The molecular weight excluding hydrogens is 250 g/mol. The summed E-state index contributed by atoms with van der Waals surface area (Å²) in [5.74, 6) is 0.751. The van der Waals surface area contributed by atoms with Gasteiger partial charge in [0.25, 0.3) is 0 Å². The molecule has 1 aromatic heterocycles. The lowest BCUT2D eigenvalue weighted by Gasteiger charge is -2.15. The molecule has 0 saturated carbocycles. The van der Waals surface area contributed by atoms with Gasteiger partial charge in [0, 0.05) is 24.9 Å². The van der Waals surface area contributed by atoms with E-state index in [2.05, 4.69) is 12.6 Å². The van der Waals surface area contributed by atoms with E-state index in [1.54, 1.807) is 16.2 Å². The zero-order valence-electron chi connectivity index (χ0n) is 8.57. The highest BCUT2D eigenvalue weighted by Gasteiger charge is 2.07. The number of rotatable bonds is 5. The fraction of sp³-hybridized carbons (Fsp3) is 0.500. The number of halogens is 1. The first kappa shape index (κ1) is 12.9. The maximum absolute atomic E-state index is 11.4. The van der Waals surface area contributed by atoms with Crippen molar-refractivity contribution in [3.8, 4) is 0 Å². The molecule has 0 saturated heterocycles. The van der Waals surface area contributed by atoms with Gasteiger partial charge in [-0.2, -0.15) is 12.6 Å². The van der Waals surface area contributed by atoms with E-state index in [0.717, 1.165) is 17.3 Å². The summed E-state index contributed by atoms with van der Waals surface area (Å²) >= 11 is 11.4. The summed E-state index contributed by atoms with van der Waals surface area (Å²) in [5, 5.41) is 0. The number of carbonyl (C=O) groups excluding carboxylic acids is 1. The predicted molar refractivity (Wildman–Crippen MR) is 69.1 cm³/mol. The maximum Gasteiger partial charge on any atom is 0.223 e. The van der Waals surface area contributed by atoms with Gasteiger partial charge in [-0.05, 0) is 24.3 Å². The highest BCUT2D eigenvalue weighted by atomic mass is 35.5. The van der Waals surface area contributed by atoms with Crippen molar-refractivity contribution in [2.24, 2.45) is 0 Å². The van der Waals surface area contributed by atoms with Gasteiger partial charge in [-0.1, -0.05) is 11.6 Å². The Bertz CT molecular complexity index is 327. The Morgan fingerprint density at radius 3 is 2.87 bits per heavy atom. The molecule has 0 aliphatic rings. The molecule has 15 heavy (non-hydrogen) atoms. The molecule has 0 N–H and O–H groups in total. The lowest BCUT2D eigenvalue weighted by Crippen LogP contribution is -2.28. The molecule has 0 unspecified atom stereocenters. The largest absolute Gasteiger partial charge is 0.345 e. The molecule has 84 valence electrons. The predicted octanol–water partition coefficient (Wildman–Crippen LogP) is 2.72. The summed E-state index contributed by atoms with van der Waals surface area (Å²) in [7, 11) is 1.82. The Labute approximate surface area is 105 Å². The van der Waals surface area contributed by atoms with Crippen LogP contribution < -0.4 is 0 Å². The Kier molecular flexibility index (Phi) is 5.50. The van der Waals surface area contributed by atoms with Gasteiger partial charge in [0.2, 0.25) is 5.91 Å². The van der Waals surface area contributed by atoms with E-state index >= 15 is 0 Å². The van der Waals surface area contributed by atoms with Gasteiger partial charge >= 0.3 is 0 Å². The van der Waals surface area contributed by atoms with Crippen molar-refractivity contribution in [3.05, 3.63) is 21.3 Å². The lowest BCUT2D eigenvalue weighted by atomic mass is 10.3. The van der Waals surface area contributed by atoms with Crippen LogP contribution in [0.4, 0.5) is 0 Å². The standard InChI is InChI=1S/C10H14ClNOS2/c1-12(10(13)5-7-14)6-4-8-2-3-9(11)15-8/h2-3,14H,4-7H2,1H3. The van der Waals surface area contributed by atoms with E-state index in [0.29, 0.717) is 12.2 Å². The highest BCUT2D eigenvalue weighted by molar-refractivity contribution is 7.80. The quantitative estimate of drug-likeness (QED) is 0.810. The molecule has 0 aliphatic carbocycles. The minimum atomic E-state index is 0.146. The van der Waals surface area contributed by atoms with Crippen molar-refractivity contribution in [1.29, 1.82) is 0 Å². The third-order valence-corrected chi connectivity index (χ3v) is 3.59. The molecule has 1 rings (SSSR count). The summed E-state index contributed by atoms with van der Waals surface area (Å²) in [6.07, 6.45) is 1.37. The first-order chi connectivity index (χ1) is 7.13. The van der Waals surface area contributed by atoms with Crippen molar-refractivity contribution in [2.45, 2.75) is 12.8 Å². The van der Waals surface area contributed by atoms with E-state index in [1.807, 2.05) is 19.2 Å².